The number of carbonyl (C=O) groups is 8. The molecule has 9 atom stereocenters. The number of likely N-dealkylation sites (tertiary alicyclic amines) is 1. The van der Waals surface area contributed by atoms with Crippen LogP contribution in [0.2, 0.25) is 0 Å². The van der Waals surface area contributed by atoms with Crippen molar-refractivity contribution in [3.63, 3.8) is 0 Å². The minimum Gasteiger partial charge on any atom is -0.467 e. The van der Waals surface area contributed by atoms with Gasteiger partial charge in [-0.2, -0.15) is 0 Å². The number of methoxy groups -OCH3 is 1. The Morgan fingerprint density at radius 3 is 1.85 bits per heavy atom. The number of rotatable bonds is 26. The predicted molar refractivity (Wildman–Crippen MR) is 240 cm³/mol. The highest BCUT2D eigenvalue weighted by atomic mass is 16.5. The summed E-state index contributed by atoms with van der Waals surface area (Å²) in [5.41, 5.74) is 7.06. The molecule has 1 heterocycles. The van der Waals surface area contributed by atoms with E-state index in [9.17, 15) is 48.6 Å². The molecule has 0 spiro atoms. The zero-order valence-corrected chi connectivity index (χ0v) is 38.2. The summed E-state index contributed by atoms with van der Waals surface area (Å²) >= 11 is 0. The average molecular weight is 909 g/mol. The Bertz CT molecular complexity index is 1900. The third-order valence-corrected chi connectivity index (χ3v) is 11.3. The number of amides is 7. The highest BCUT2D eigenvalue weighted by Gasteiger charge is 2.38. The molecular weight excluding hydrogens is 841 g/mol. The van der Waals surface area contributed by atoms with Crippen LogP contribution in [0, 0.1) is 11.8 Å². The molecule has 1 aliphatic heterocycles. The number of hydrogen-bond donors (Lipinski definition) is 9. The summed E-state index contributed by atoms with van der Waals surface area (Å²) < 4.78 is 4.98. The normalized spacial score (nSPS) is 17.5. The first-order chi connectivity index (χ1) is 30.9. The number of primary amides is 1. The van der Waals surface area contributed by atoms with Crippen molar-refractivity contribution in [2.24, 2.45) is 17.6 Å². The van der Waals surface area contributed by atoms with Crippen molar-refractivity contribution >= 4 is 47.3 Å². The van der Waals surface area contributed by atoms with E-state index in [2.05, 4.69) is 31.9 Å². The average Bonchev–Trinajstić information content (AvgIpc) is 3.74. The van der Waals surface area contributed by atoms with Crippen LogP contribution in [0.1, 0.15) is 77.8 Å². The predicted octanol–water partition coefficient (Wildman–Crippen LogP) is -0.641. The van der Waals surface area contributed by atoms with Gasteiger partial charge >= 0.3 is 5.97 Å². The van der Waals surface area contributed by atoms with Crippen LogP contribution in [0.3, 0.4) is 0 Å². The van der Waals surface area contributed by atoms with E-state index in [0.717, 1.165) is 18.1 Å². The van der Waals surface area contributed by atoms with Gasteiger partial charge in [0.15, 0.2) is 0 Å². The van der Waals surface area contributed by atoms with E-state index in [4.69, 9.17) is 10.5 Å². The fraction of sp³-hybridized carbons (Fsp3) is 0.565. The molecule has 0 saturated carbocycles. The maximum absolute atomic E-state index is 14.0. The van der Waals surface area contributed by atoms with Gasteiger partial charge in [-0.25, -0.2) is 4.79 Å². The molecule has 2 aromatic carbocycles. The highest BCUT2D eigenvalue weighted by molar-refractivity contribution is 5.96. The van der Waals surface area contributed by atoms with Gasteiger partial charge < -0.3 is 52.6 Å². The molecule has 0 bridgehead atoms. The van der Waals surface area contributed by atoms with E-state index < -0.39 is 109 Å². The Labute approximate surface area is 380 Å². The lowest BCUT2D eigenvalue weighted by Crippen LogP contribution is -2.60. The van der Waals surface area contributed by atoms with E-state index in [1.54, 1.807) is 49.1 Å². The fourth-order valence-corrected chi connectivity index (χ4v) is 7.64. The summed E-state index contributed by atoms with van der Waals surface area (Å²) in [5, 5.41) is 37.3. The van der Waals surface area contributed by atoms with Crippen LogP contribution in [0.4, 0.5) is 0 Å². The number of benzene rings is 2. The Morgan fingerprint density at radius 2 is 1.31 bits per heavy atom. The van der Waals surface area contributed by atoms with Crippen LogP contribution in [-0.2, 0) is 55.9 Å². The number of nitrogens with zero attached hydrogens (tertiary/aromatic N) is 1. The molecule has 1 aliphatic rings. The minimum atomic E-state index is -1.54. The van der Waals surface area contributed by atoms with Crippen LogP contribution in [0.25, 0.3) is 0 Å². The molecular formula is C46H68N8O11. The van der Waals surface area contributed by atoms with Crippen molar-refractivity contribution in [3.8, 4) is 0 Å². The second-order valence-corrected chi connectivity index (χ2v) is 17.0. The van der Waals surface area contributed by atoms with Crippen molar-refractivity contribution in [1.82, 2.24) is 36.8 Å². The Morgan fingerprint density at radius 1 is 0.754 bits per heavy atom. The largest absolute Gasteiger partial charge is 0.467 e. The number of nitrogens with two attached hydrogens (primary N) is 1. The molecule has 1 fully saturated rings. The summed E-state index contributed by atoms with van der Waals surface area (Å²) in [6, 6.07) is 10.2. The van der Waals surface area contributed by atoms with Crippen LogP contribution in [0.15, 0.2) is 60.7 Å². The van der Waals surface area contributed by atoms with Crippen LogP contribution < -0.4 is 37.6 Å². The maximum Gasteiger partial charge on any atom is 0.328 e. The standard InChI is InChI=1S/C46H68N8O11/c1-7-28(4)40(45(63)52-35(46(64)65-6)23-31-17-12-9-13-18-31)53-44(62)37-19-14-20-54(37)25-38(57)32(22-30-15-10-8-11-16-30)49-42(60)34(24-39(47)58)51-41(59)33(21-27(2)3)50-43(61)36(26-55)48-29(5)56/h8-13,15-18,27-28,32-38,40,55,57H,7,14,19-26H2,1-6H3,(H2,47,58)(H,48,56)(H,49,60)(H,50,61)(H,51,59)(H,52,63)(H,53,62)/t28?,32-,33?,34?,35?,36?,37?,38?,40?/m0/s1. The van der Waals surface area contributed by atoms with Crippen molar-refractivity contribution in [3.05, 3.63) is 71.8 Å². The smallest absolute Gasteiger partial charge is 0.328 e. The van der Waals surface area contributed by atoms with Gasteiger partial charge in [0.1, 0.15) is 30.2 Å². The van der Waals surface area contributed by atoms with Crippen molar-refractivity contribution in [2.75, 3.05) is 26.8 Å². The molecule has 1 saturated heterocycles. The van der Waals surface area contributed by atoms with Crippen LogP contribution >= 0.6 is 0 Å². The number of esters is 1. The second-order valence-electron chi connectivity index (χ2n) is 17.0. The molecule has 358 valence electrons. The van der Waals surface area contributed by atoms with E-state index in [1.807, 2.05) is 44.2 Å². The zero-order valence-electron chi connectivity index (χ0n) is 38.2. The molecule has 10 N–H and O–H groups in total. The number of aliphatic hydroxyl groups is 2. The maximum atomic E-state index is 14.0. The molecule has 0 radical (unpaired) electrons. The molecule has 0 aromatic heterocycles. The molecule has 19 heteroatoms. The molecule has 19 nitrogen and oxygen atoms in total. The molecule has 3 rings (SSSR count). The Balaban J connectivity index is 1.82. The monoisotopic (exact) mass is 909 g/mol. The zero-order chi connectivity index (χ0) is 48.2. The fourth-order valence-electron chi connectivity index (χ4n) is 7.64. The van der Waals surface area contributed by atoms with E-state index in [0.29, 0.717) is 25.8 Å². The SMILES string of the molecule is CCC(C)C(NC(=O)C1CCCN1CC(O)[C@H](Cc1ccccc1)NC(=O)C(CC(N)=O)NC(=O)C(CC(C)C)NC(=O)C(CO)NC(C)=O)C(=O)NC(Cc1ccccc1)C(=O)OC. The number of ether oxygens (including phenoxy) is 1. The van der Waals surface area contributed by atoms with Crippen molar-refractivity contribution in [1.29, 1.82) is 0 Å². The minimum absolute atomic E-state index is 0.0890. The first kappa shape index (κ1) is 53.4. The Hall–Kier alpha value is -5.92. The van der Waals surface area contributed by atoms with Crippen molar-refractivity contribution in [2.45, 2.75) is 128 Å². The second kappa shape index (κ2) is 26.8. The first-order valence-corrected chi connectivity index (χ1v) is 22.1. The van der Waals surface area contributed by atoms with Gasteiger partial charge in [-0.1, -0.05) is 94.8 Å². The van der Waals surface area contributed by atoms with Gasteiger partial charge in [-0.05, 0) is 55.2 Å². The number of aliphatic hydroxyl groups excluding tert-OH is 2. The lowest BCUT2D eigenvalue weighted by atomic mass is 9.96. The number of nitrogens with one attached hydrogen (secondary N) is 6. The summed E-state index contributed by atoms with van der Waals surface area (Å²) in [5.74, 6) is -6.15. The molecule has 8 unspecified atom stereocenters. The Kier molecular flexibility index (Phi) is 22.0. The van der Waals surface area contributed by atoms with Crippen molar-refractivity contribution < 1.29 is 53.3 Å². The van der Waals surface area contributed by atoms with Crippen LogP contribution in [-0.4, -0.2) is 138 Å². The summed E-state index contributed by atoms with van der Waals surface area (Å²) in [6.45, 7) is 8.01. The van der Waals surface area contributed by atoms with Gasteiger partial charge in [0.2, 0.25) is 41.4 Å². The molecule has 0 aliphatic carbocycles. The van der Waals surface area contributed by atoms with E-state index >= 15 is 0 Å². The van der Waals surface area contributed by atoms with Crippen LogP contribution in [0.5, 0.6) is 0 Å². The molecule has 7 amide bonds. The van der Waals surface area contributed by atoms with E-state index in [1.165, 1.54) is 7.11 Å². The topological polar surface area (TPSA) is 288 Å². The number of carbonyl (C=O) groups excluding carboxylic acids is 8. The van der Waals surface area contributed by atoms with Gasteiger partial charge in [-0.3, -0.25) is 38.5 Å². The molecule has 2 aromatic rings. The third kappa shape index (κ3) is 17.5. The summed E-state index contributed by atoms with van der Waals surface area (Å²) in [4.78, 5) is 107. The summed E-state index contributed by atoms with van der Waals surface area (Å²) in [6.07, 6.45) is -0.0397. The van der Waals surface area contributed by atoms with Gasteiger partial charge in [0, 0.05) is 19.9 Å². The highest BCUT2D eigenvalue weighted by Crippen LogP contribution is 2.21. The lowest BCUT2D eigenvalue weighted by Gasteiger charge is -2.33. The molecule has 65 heavy (non-hydrogen) atoms. The summed E-state index contributed by atoms with van der Waals surface area (Å²) in [7, 11) is 1.23. The lowest BCUT2D eigenvalue weighted by molar-refractivity contribution is -0.145. The number of hydrogen-bond acceptors (Lipinski definition) is 12. The quantitative estimate of drug-likeness (QED) is 0.0533. The number of β-amino-alcohol motifs (C(OH)–C–C–N with tert-alkyl or cyclic N) is 1. The third-order valence-electron chi connectivity index (χ3n) is 11.3. The van der Waals surface area contributed by atoms with Gasteiger partial charge in [0.05, 0.1) is 38.3 Å². The van der Waals surface area contributed by atoms with Gasteiger partial charge in [0.25, 0.3) is 0 Å². The first-order valence-electron chi connectivity index (χ1n) is 22.1. The van der Waals surface area contributed by atoms with Gasteiger partial charge in [-0.15, -0.1) is 0 Å². The van der Waals surface area contributed by atoms with E-state index in [-0.39, 0.29) is 37.6 Å².